The van der Waals surface area contributed by atoms with Crippen molar-refractivity contribution in [2.24, 2.45) is 0 Å². The van der Waals surface area contributed by atoms with E-state index in [0.717, 1.165) is 33.3 Å². The van der Waals surface area contributed by atoms with Crippen LogP contribution in [-0.2, 0) is 4.79 Å². The van der Waals surface area contributed by atoms with Gasteiger partial charge in [-0.05, 0) is 43.4 Å². The number of aryl methyl sites for hydroxylation is 3. The van der Waals surface area contributed by atoms with Gasteiger partial charge in [0.15, 0.2) is 6.54 Å². The monoisotopic (exact) mass is 421 g/mol. The second-order valence-electron chi connectivity index (χ2n) is 9.04. The van der Waals surface area contributed by atoms with Crippen molar-refractivity contribution in [1.82, 2.24) is 0 Å². The largest absolute Gasteiger partial charge is 0.490 e. The van der Waals surface area contributed by atoms with Crippen LogP contribution in [0, 0.1) is 20.8 Å². The predicted octanol–water partition coefficient (Wildman–Crippen LogP) is 4.22. The molecule has 0 aliphatic carbocycles. The number of nitrogens with one attached hydrogen (secondary N) is 1. The number of likely N-dealkylation sites (N-methyl/N-ethyl adjacent to an activating group) is 1. The number of anilines is 1. The lowest BCUT2D eigenvalue weighted by molar-refractivity contribution is -0.885. The summed E-state index contributed by atoms with van der Waals surface area (Å²) >= 11 is 0. The topological polar surface area (TPSA) is 58.6 Å². The molecule has 0 spiro atoms. The zero-order valence-corrected chi connectivity index (χ0v) is 19.1. The van der Waals surface area contributed by atoms with Crippen molar-refractivity contribution in [2.75, 3.05) is 39.1 Å². The minimum Gasteiger partial charge on any atom is -0.490 e. The van der Waals surface area contributed by atoms with E-state index in [1.807, 2.05) is 77.3 Å². The maximum atomic E-state index is 12.7. The van der Waals surface area contributed by atoms with E-state index in [1.165, 1.54) is 5.56 Å². The normalized spacial score (nSPS) is 12.6. The highest BCUT2D eigenvalue weighted by molar-refractivity contribution is 5.93. The molecule has 1 amide bonds. The van der Waals surface area contributed by atoms with Crippen molar-refractivity contribution in [3.05, 3.63) is 71.3 Å². The SMILES string of the molecule is Cc1cc(C)c(NC(=O)C[N+](C)(C)C[C@@H](O)COc2cccc3ccccc23)c(C)c1. The number of rotatable bonds is 8. The number of aliphatic hydroxyl groups excluding tert-OH is 1. The maximum absolute atomic E-state index is 12.7. The molecule has 3 aromatic rings. The average molecular weight is 422 g/mol. The molecular weight excluding hydrogens is 388 g/mol. The van der Waals surface area contributed by atoms with Crippen molar-refractivity contribution >= 4 is 22.4 Å². The molecule has 31 heavy (non-hydrogen) atoms. The lowest BCUT2D eigenvalue weighted by Gasteiger charge is -2.31. The Bertz CT molecular complexity index is 1050. The van der Waals surface area contributed by atoms with Gasteiger partial charge in [-0.25, -0.2) is 0 Å². The second-order valence-corrected chi connectivity index (χ2v) is 9.04. The van der Waals surface area contributed by atoms with E-state index in [9.17, 15) is 9.90 Å². The number of nitrogens with zero attached hydrogens (tertiary/aromatic N) is 1. The van der Waals surface area contributed by atoms with Crippen LogP contribution < -0.4 is 10.1 Å². The Morgan fingerprint density at radius 2 is 1.68 bits per heavy atom. The van der Waals surface area contributed by atoms with E-state index in [0.29, 0.717) is 11.0 Å². The van der Waals surface area contributed by atoms with Gasteiger partial charge >= 0.3 is 0 Å². The highest BCUT2D eigenvalue weighted by Gasteiger charge is 2.25. The fraction of sp³-hybridized carbons (Fsp3) is 0.346. The highest BCUT2D eigenvalue weighted by Crippen LogP contribution is 2.25. The summed E-state index contributed by atoms with van der Waals surface area (Å²) in [6, 6.07) is 18.0. The zero-order valence-electron chi connectivity index (χ0n) is 19.1. The lowest BCUT2D eigenvalue weighted by atomic mass is 10.1. The van der Waals surface area contributed by atoms with Crippen molar-refractivity contribution in [3.63, 3.8) is 0 Å². The molecule has 5 nitrogen and oxygen atoms in total. The Morgan fingerprint density at radius 3 is 2.39 bits per heavy atom. The fourth-order valence-corrected chi connectivity index (χ4v) is 4.14. The van der Waals surface area contributed by atoms with Gasteiger partial charge in [-0.15, -0.1) is 0 Å². The number of ether oxygens (including phenoxy) is 1. The average Bonchev–Trinajstić information content (AvgIpc) is 2.68. The molecular formula is C26H33N2O3+. The van der Waals surface area contributed by atoms with Gasteiger partial charge in [0.05, 0.1) is 14.1 Å². The van der Waals surface area contributed by atoms with Crippen LogP contribution in [0.2, 0.25) is 0 Å². The third-order valence-electron chi connectivity index (χ3n) is 5.40. The predicted molar refractivity (Wildman–Crippen MR) is 127 cm³/mol. The summed E-state index contributed by atoms with van der Waals surface area (Å²) in [5, 5.41) is 15.7. The number of fused-ring (bicyclic) bond motifs is 1. The lowest BCUT2D eigenvalue weighted by Crippen LogP contribution is -2.50. The number of carbonyl (C=O) groups excluding carboxylic acids is 1. The molecule has 0 aromatic heterocycles. The van der Waals surface area contributed by atoms with E-state index in [4.69, 9.17) is 4.74 Å². The Labute approximate surface area is 184 Å². The van der Waals surface area contributed by atoms with Gasteiger partial charge in [0.2, 0.25) is 0 Å². The van der Waals surface area contributed by atoms with E-state index < -0.39 is 6.10 Å². The van der Waals surface area contributed by atoms with Crippen LogP contribution in [0.25, 0.3) is 10.8 Å². The Morgan fingerprint density at radius 1 is 1.03 bits per heavy atom. The number of hydrogen-bond acceptors (Lipinski definition) is 3. The summed E-state index contributed by atoms with van der Waals surface area (Å²) < 4.78 is 6.27. The van der Waals surface area contributed by atoms with Crippen LogP contribution in [0.3, 0.4) is 0 Å². The molecule has 0 aliphatic heterocycles. The van der Waals surface area contributed by atoms with Gasteiger partial charge in [-0.3, -0.25) is 4.79 Å². The Balaban J connectivity index is 1.56. The van der Waals surface area contributed by atoms with Gasteiger partial charge in [0.25, 0.3) is 5.91 Å². The van der Waals surface area contributed by atoms with Crippen LogP contribution in [0.1, 0.15) is 16.7 Å². The van der Waals surface area contributed by atoms with Crippen LogP contribution in [0.4, 0.5) is 5.69 Å². The molecule has 2 N–H and O–H groups in total. The van der Waals surface area contributed by atoms with Crippen molar-refractivity contribution in [2.45, 2.75) is 26.9 Å². The minimum atomic E-state index is -0.690. The molecule has 3 aromatic carbocycles. The fourth-order valence-electron chi connectivity index (χ4n) is 4.14. The first-order chi connectivity index (χ1) is 14.6. The molecule has 0 heterocycles. The van der Waals surface area contributed by atoms with E-state index >= 15 is 0 Å². The molecule has 0 unspecified atom stereocenters. The number of quaternary nitrogens is 1. The molecule has 5 heteroatoms. The first-order valence-corrected chi connectivity index (χ1v) is 10.6. The van der Waals surface area contributed by atoms with E-state index in [2.05, 4.69) is 17.4 Å². The van der Waals surface area contributed by atoms with E-state index in [1.54, 1.807) is 0 Å². The highest BCUT2D eigenvalue weighted by atomic mass is 16.5. The number of benzene rings is 3. The molecule has 0 aliphatic rings. The summed E-state index contributed by atoms with van der Waals surface area (Å²) in [4.78, 5) is 12.7. The van der Waals surface area contributed by atoms with E-state index in [-0.39, 0.29) is 19.1 Å². The summed E-state index contributed by atoms with van der Waals surface area (Å²) in [5.41, 5.74) is 4.16. The van der Waals surface area contributed by atoms with Crippen molar-refractivity contribution in [3.8, 4) is 5.75 Å². The van der Waals surface area contributed by atoms with Crippen LogP contribution in [-0.4, -0.2) is 55.4 Å². The summed E-state index contributed by atoms with van der Waals surface area (Å²) in [6.07, 6.45) is -0.690. The van der Waals surface area contributed by atoms with Crippen LogP contribution in [0.5, 0.6) is 5.75 Å². The van der Waals surface area contributed by atoms with Crippen LogP contribution >= 0.6 is 0 Å². The van der Waals surface area contributed by atoms with Crippen molar-refractivity contribution < 1.29 is 19.1 Å². The molecule has 0 saturated carbocycles. The minimum absolute atomic E-state index is 0.0674. The van der Waals surface area contributed by atoms with Crippen LogP contribution in [0.15, 0.2) is 54.6 Å². The molecule has 0 bridgehead atoms. The number of amides is 1. The van der Waals surface area contributed by atoms with Gasteiger partial charge in [-0.1, -0.05) is 54.1 Å². The molecule has 0 fully saturated rings. The Kier molecular flexibility index (Phi) is 6.98. The van der Waals surface area contributed by atoms with Gasteiger partial charge in [0.1, 0.15) is 25.0 Å². The number of aliphatic hydroxyl groups is 1. The molecule has 0 saturated heterocycles. The summed E-state index contributed by atoms with van der Waals surface area (Å²) in [5.74, 6) is 0.688. The van der Waals surface area contributed by atoms with Crippen molar-refractivity contribution in [1.29, 1.82) is 0 Å². The molecule has 164 valence electrons. The number of hydrogen-bond donors (Lipinski definition) is 2. The quantitative estimate of drug-likeness (QED) is 0.536. The summed E-state index contributed by atoms with van der Waals surface area (Å²) in [7, 11) is 3.88. The zero-order chi connectivity index (χ0) is 22.6. The summed E-state index contributed by atoms with van der Waals surface area (Å²) in [6.45, 7) is 6.90. The second kappa shape index (κ2) is 9.50. The molecule has 0 radical (unpaired) electrons. The number of carbonyl (C=O) groups is 1. The van der Waals surface area contributed by atoms with Gasteiger partial charge in [0, 0.05) is 11.1 Å². The first kappa shape index (κ1) is 22.8. The third kappa shape index (κ3) is 6.06. The first-order valence-electron chi connectivity index (χ1n) is 10.6. The maximum Gasteiger partial charge on any atom is 0.279 e. The Hall–Kier alpha value is -2.89. The van der Waals surface area contributed by atoms with Gasteiger partial charge < -0.3 is 19.6 Å². The van der Waals surface area contributed by atoms with Gasteiger partial charge in [-0.2, -0.15) is 0 Å². The third-order valence-corrected chi connectivity index (χ3v) is 5.40. The smallest absolute Gasteiger partial charge is 0.279 e. The molecule has 1 atom stereocenters. The standard InChI is InChI=1S/C26H32N2O3/c1-18-13-19(2)26(20(3)14-18)27-25(30)16-28(4,5)15-22(29)17-31-24-12-8-10-21-9-6-7-11-23(21)24/h6-14,22,29H,15-17H2,1-5H3/p+1/t22-/m1/s1. The molecule has 3 rings (SSSR count).